The molecule has 1 aromatic carbocycles. The zero-order chi connectivity index (χ0) is 20.7. The van der Waals surface area contributed by atoms with Crippen molar-refractivity contribution in [3.05, 3.63) is 47.0 Å². The largest absolute Gasteiger partial charge is 0.366 e. The summed E-state index contributed by atoms with van der Waals surface area (Å²) in [4.78, 5) is 17.3. The number of nitrogens with two attached hydrogens (primary N) is 1. The highest BCUT2D eigenvalue weighted by atomic mass is 16.1. The van der Waals surface area contributed by atoms with Gasteiger partial charge in [-0.15, -0.1) is 0 Å². The first-order chi connectivity index (χ1) is 14.6. The molecule has 1 aliphatic carbocycles. The predicted molar refractivity (Wildman–Crippen MR) is 118 cm³/mol. The molecule has 3 heterocycles. The van der Waals surface area contributed by atoms with Gasteiger partial charge in [-0.25, -0.2) is 10.1 Å². The summed E-state index contributed by atoms with van der Waals surface area (Å²) in [7, 11) is 1.88. The van der Waals surface area contributed by atoms with E-state index in [9.17, 15) is 4.79 Å². The molecule has 1 saturated carbocycles. The van der Waals surface area contributed by atoms with Crippen LogP contribution in [0.25, 0.3) is 21.7 Å². The lowest BCUT2D eigenvalue weighted by Crippen LogP contribution is -2.42. The third kappa shape index (κ3) is 3.37. The minimum atomic E-state index is -0.290. The summed E-state index contributed by atoms with van der Waals surface area (Å²) in [5.41, 5.74) is 7.71. The van der Waals surface area contributed by atoms with Crippen molar-refractivity contribution in [3.63, 3.8) is 0 Å². The maximum Gasteiger partial charge on any atom is 0.275 e. The van der Waals surface area contributed by atoms with Crippen LogP contribution < -0.4 is 21.9 Å². The first kappa shape index (κ1) is 18.6. The lowest BCUT2D eigenvalue weighted by molar-refractivity contribution is 0.403. The Labute approximate surface area is 172 Å². The minimum absolute atomic E-state index is 0.0918. The first-order valence-corrected chi connectivity index (χ1v) is 10.2. The number of rotatable bonds is 4. The lowest BCUT2D eigenvalue weighted by Gasteiger charge is -2.30. The number of H-pyrrole nitrogens is 1. The second-order valence-electron chi connectivity index (χ2n) is 7.88. The molecular weight excluding hydrogens is 380 g/mol. The van der Waals surface area contributed by atoms with E-state index >= 15 is 0 Å². The van der Waals surface area contributed by atoms with Crippen LogP contribution >= 0.6 is 0 Å². The summed E-state index contributed by atoms with van der Waals surface area (Å²) >= 11 is 0. The third-order valence-corrected chi connectivity index (χ3v) is 5.72. The van der Waals surface area contributed by atoms with E-state index in [2.05, 4.69) is 25.9 Å². The Morgan fingerprint density at radius 2 is 2.13 bits per heavy atom. The lowest BCUT2D eigenvalue weighted by atomic mass is 9.91. The smallest absolute Gasteiger partial charge is 0.275 e. The Kier molecular flexibility index (Phi) is 4.59. The Hall–Kier alpha value is -3.46. The Balaban J connectivity index is 1.59. The van der Waals surface area contributed by atoms with Crippen molar-refractivity contribution in [1.82, 2.24) is 25.0 Å². The summed E-state index contributed by atoms with van der Waals surface area (Å²) in [6, 6.07) is 7.93. The van der Waals surface area contributed by atoms with Crippen molar-refractivity contribution in [2.75, 3.05) is 10.6 Å². The predicted octanol–water partition coefficient (Wildman–Crippen LogP) is 2.63. The summed E-state index contributed by atoms with van der Waals surface area (Å²) < 4.78 is 1.76. The maximum atomic E-state index is 12.6. The second kappa shape index (κ2) is 7.42. The first-order valence-electron chi connectivity index (χ1n) is 10.2. The topological polar surface area (TPSA) is 127 Å². The van der Waals surface area contributed by atoms with Crippen LogP contribution in [0, 0.1) is 0 Å². The van der Waals surface area contributed by atoms with Gasteiger partial charge >= 0.3 is 0 Å². The molecule has 30 heavy (non-hydrogen) atoms. The number of benzene rings is 1. The number of nitrogens with one attached hydrogen (secondary N) is 3. The van der Waals surface area contributed by atoms with E-state index in [0.717, 1.165) is 42.3 Å². The number of hydrogen-bond donors (Lipinski definition) is 4. The van der Waals surface area contributed by atoms with Crippen molar-refractivity contribution >= 4 is 39.0 Å². The highest BCUT2D eigenvalue weighted by molar-refractivity contribution is 5.98. The molecule has 0 spiro atoms. The number of hydrogen-bond acceptors (Lipinski definition) is 7. The molecule has 9 heteroatoms. The van der Waals surface area contributed by atoms with Crippen LogP contribution in [0.3, 0.4) is 0 Å². The van der Waals surface area contributed by atoms with Gasteiger partial charge in [0.2, 0.25) is 0 Å². The van der Waals surface area contributed by atoms with Crippen LogP contribution in [0.5, 0.6) is 0 Å². The highest BCUT2D eigenvalue weighted by Gasteiger charge is 2.22. The fourth-order valence-corrected chi connectivity index (χ4v) is 4.21. The highest BCUT2D eigenvalue weighted by Crippen LogP contribution is 2.30. The van der Waals surface area contributed by atoms with Crippen LogP contribution in [0.4, 0.5) is 17.3 Å². The fraction of sp³-hybridized carbons (Fsp3) is 0.333. The Bertz CT molecular complexity index is 1280. The van der Waals surface area contributed by atoms with Gasteiger partial charge in [0.1, 0.15) is 11.6 Å². The van der Waals surface area contributed by atoms with Gasteiger partial charge in [-0.3, -0.25) is 9.48 Å². The standard InChI is InChI=1S/C21H24N8O/c1-29-11-13-15(7-4-8-16(13)28-29)25-20-19-12(10-23-27-21(19)30)9-18(26-20)24-17-6-3-2-5-14(17)22/h4,7-11,14,17H,2-3,5-6,22H2,1H3,(H,27,30)(H2,24,25,26)/t14?,17-/m1/s1. The SMILES string of the molecule is Cn1cc2c(Nc3nc(N[C@@H]4CCCCC4N)cc4cn[nH]c(=O)c34)cccc2n1. The zero-order valence-electron chi connectivity index (χ0n) is 16.7. The summed E-state index contributed by atoms with van der Waals surface area (Å²) in [6.07, 6.45) is 7.89. The molecule has 0 saturated heterocycles. The summed E-state index contributed by atoms with van der Waals surface area (Å²) in [6.45, 7) is 0. The van der Waals surface area contributed by atoms with Gasteiger partial charge < -0.3 is 16.4 Å². The molecule has 0 aliphatic heterocycles. The molecule has 4 aromatic rings. The van der Waals surface area contributed by atoms with Crippen LogP contribution in [0.15, 0.2) is 41.5 Å². The van der Waals surface area contributed by atoms with Gasteiger partial charge in [0.25, 0.3) is 5.56 Å². The van der Waals surface area contributed by atoms with Crippen molar-refractivity contribution in [2.24, 2.45) is 12.8 Å². The van der Waals surface area contributed by atoms with Gasteiger partial charge in [-0.05, 0) is 31.0 Å². The fourth-order valence-electron chi connectivity index (χ4n) is 4.21. The van der Waals surface area contributed by atoms with Crippen LogP contribution in [-0.4, -0.2) is 37.0 Å². The third-order valence-electron chi connectivity index (χ3n) is 5.72. The van der Waals surface area contributed by atoms with Gasteiger partial charge in [0.15, 0.2) is 0 Å². The molecule has 3 aromatic heterocycles. The van der Waals surface area contributed by atoms with E-state index < -0.39 is 0 Å². The molecule has 2 atom stereocenters. The number of aromatic amines is 1. The van der Waals surface area contributed by atoms with E-state index in [1.807, 2.05) is 37.5 Å². The average molecular weight is 404 g/mol. The number of aromatic nitrogens is 5. The molecule has 0 bridgehead atoms. The molecule has 5 rings (SSSR count). The van der Waals surface area contributed by atoms with E-state index in [4.69, 9.17) is 10.7 Å². The molecule has 5 N–H and O–H groups in total. The van der Waals surface area contributed by atoms with Crippen LogP contribution in [-0.2, 0) is 7.05 Å². The summed E-state index contributed by atoms with van der Waals surface area (Å²) in [5, 5.41) is 19.9. The second-order valence-corrected chi connectivity index (χ2v) is 7.88. The molecular formula is C21H24N8O. The number of anilines is 3. The van der Waals surface area contributed by atoms with E-state index in [0.29, 0.717) is 22.4 Å². The molecule has 1 unspecified atom stereocenters. The van der Waals surface area contributed by atoms with Crippen LogP contribution in [0.1, 0.15) is 25.7 Å². The van der Waals surface area contributed by atoms with Crippen LogP contribution in [0.2, 0.25) is 0 Å². The molecule has 1 aliphatic rings. The van der Waals surface area contributed by atoms with Crippen molar-refractivity contribution < 1.29 is 0 Å². The Morgan fingerprint density at radius 3 is 3.00 bits per heavy atom. The molecule has 0 amide bonds. The molecule has 1 fully saturated rings. The monoisotopic (exact) mass is 404 g/mol. The van der Waals surface area contributed by atoms with E-state index in [-0.39, 0.29) is 17.6 Å². The van der Waals surface area contributed by atoms with Crippen molar-refractivity contribution in [1.29, 1.82) is 0 Å². The number of fused-ring (bicyclic) bond motifs is 2. The molecule has 0 radical (unpaired) electrons. The Morgan fingerprint density at radius 1 is 1.27 bits per heavy atom. The number of aryl methyl sites for hydroxylation is 1. The molecule has 9 nitrogen and oxygen atoms in total. The van der Waals surface area contributed by atoms with Gasteiger partial charge in [-0.1, -0.05) is 18.9 Å². The zero-order valence-corrected chi connectivity index (χ0v) is 16.7. The van der Waals surface area contributed by atoms with Crippen molar-refractivity contribution in [3.8, 4) is 0 Å². The average Bonchev–Trinajstić information content (AvgIpc) is 3.11. The maximum absolute atomic E-state index is 12.6. The minimum Gasteiger partial charge on any atom is -0.366 e. The van der Waals surface area contributed by atoms with Gasteiger partial charge in [0, 0.05) is 36.1 Å². The van der Waals surface area contributed by atoms with E-state index in [1.54, 1.807) is 10.9 Å². The summed E-state index contributed by atoms with van der Waals surface area (Å²) in [5.74, 6) is 1.15. The quantitative estimate of drug-likeness (QED) is 0.412. The van der Waals surface area contributed by atoms with Gasteiger partial charge in [-0.2, -0.15) is 10.2 Å². The number of pyridine rings is 1. The van der Waals surface area contributed by atoms with E-state index in [1.165, 1.54) is 0 Å². The van der Waals surface area contributed by atoms with Gasteiger partial charge in [0.05, 0.1) is 22.8 Å². The molecule has 154 valence electrons. The normalized spacial score (nSPS) is 19.3. The van der Waals surface area contributed by atoms with Crippen molar-refractivity contribution in [2.45, 2.75) is 37.8 Å². The number of nitrogens with zero attached hydrogens (tertiary/aromatic N) is 4.